The summed E-state index contributed by atoms with van der Waals surface area (Å²) in [7, 11) is 0. The summed E-state index contributed by atoms with van der Waals surface area (Å²) >= 11 is 5.74. The molecule has 0 saturated heterocycles. The van der Waals surface area contributed by atoms with Crippen LogP contribution in [0.3, 0.4) is 0 Å². The molecule has 1 aromatic carbocycles. The maximum Gasteiger partial charge on any atom is 0.123 e. The van der Waals surface area contributed by atoms with Gasteiger partial charge in [-0.3, -0.25) is 0 Å². The van der Waals surface area contributed by atoms with E-state index in [1.165, 1.54) is 0 Å². The number of carbonyl (C=O) groups excluding carboxylic acids is 1. The molecular weight excluding hydrogens is 186 g/mol. The Morgan fingerprint density at radius 3 is 2.85 bits per heavy atom. The number of anilines is 1. The predicted molar refractivity (Wildman–Crippen MR) is 55.6 cm³/mol. The lowest BCUT2D eigenvalue weighted by Crippen LogP contribution is -1.86. The Kier molecular flexibility index (Phi) is 3.53. The van der Waals surface area contributed by atoms with Crippen molar-refractivity contribution in [2.75, 3.05) is 5.73 Å². The van der Waals surface area contributed by atoms with E-state index < -0.39 is 0 Å². The minimum Gasteiger partial charge on any atom is -0.398 e. The lowest BCUT2D eigenvalue weighted by atomic mass is 10.2. The number of hydrogen-bond donors (Lipinski definition) is 1. The third kappa shape index (κ3) is 2.92. The summed E-state index contributed by atoms with van der Waals surface area (Å²) in [6, 6.07) is 5.35. The number of halogens is 1. The van der Waals surface area contributed by atoms with Crippen molar-refractivity contribution in [1.29, 1.82) is 0 Å². The number of nitrogen functional groups attached to an aromatic ring is 1. The van der Waals surface area contributed by atoms with Crippen molar-refractivity contribution in [2.24, 2.45) is 0 Å². The Labute approximate surface area is 82.0 Å². The normalized spacial score (nSPS) is 10.5. The molecule has 0 aromatic heterocycles. The molecule has 0 fully saturated rings. The van der Waals surface area contributed by atoms with E-state index >= 15 is 0 Å². The van der Waals surface area contributed by atoms with Crippen molar-refractivity contribution in [3.05, 3.63) is 34.9 Å². The van der Waals surface area contributed by atoms with E-state index in [1.54, 1.807) is 18.2 Å². The Morgan fingerprint density at radius 2 is 2.23 bits per heavy atom. The number of rotatable bonds is 3. The van der Waals surface area contributed by atoms with Crippen molar-refractivity contribution in [1.82, 2.24) is 0 Å². The van der Waals surface area contributed by atoms with Gasteiger partial charge in [0.25, 0.3) is 0 Å². The van der Waals surface area contributed by atoms with Crippen LogP contribution < -0.4 is 5.73 Å². The van der Waals surface area contributed by atoms with Gasteiger partial charge in [0.05, 0.1) is 10.7 Å². The van der Waals surface area contributed by atoms with Crippen LogP contribution in [0, 0.1) is 0 Å². The third-order valence-corrected chi connectivity index (χ3v) is 1.91. The minimum atomic E-state index is 0.419. The standard InChI is InChI=1S/C10H10ClNO/c11-9-5-4-8(7-10(9)12)3-1-2-6-13/h1,3-7H,2,12H2. The predicted octanol–water partition coefficient (Wildman–Crippen LogP) is 2.52. The zero-order chi connectivity index (χ0) is 9.68. The minimum absolute atomic E-state index is 0.419. The summed E-state index contributed by atoms with van der Waals surface area (Å²) < 4.78 is 0. The average Bonchev–Trinajstić information content (AvgIpc) is 2.12. The molecule has 0 bridgehead atoms. The highest BCUT2D eigenvalue weighted by Crippen LogP contribution is 2.20. The van der Waals surface area contributed by atoms with Crippen LogP contribution in [-0.4, -0.2) is 6.29 Å². The molecule has 0 aliphatic heterocycles. The second kappa shape index (κ2) is 4.67. The summed E-state index contributed by atoms with van der Waals surface area (Å²) in [6.07, 6.45) is 4.87. The molecule has 0 atom stereocenters. The highest BCUT2D eigenvalue weighted by molar-refractivity contribution is 6.33. The number of carbonyl (C=O) groups is 1. The molecule has 2 nitrogen and oxygen atoms in total. The van der Waals surface area contributed by atoms with Gasteiger partial charge in [0.1, 0.15) is 6.29 Å². The van der Waals surface area contributed by atoms with Gasteiger partial charge in [0.15, 0.2) is 0 Å². The van der Waals surface area contributed by atoms with Crippen LogP contribution in [0.5, 0.6) is 0 Å². The van der Waals surface area contributed by atoms with Crippen LogP contribution in [0.1, 0.15) is 12.0 Å². The number of allylic oxidation sites excluding steroid dienone is 1. The molecule has 0 heterocycles. The van der Waals surface area contributed by atoms with Crippen LogP contribution in [-0.2, 0) is 4.79 Å². The second-order valence-electron chi connectivity index (χ2n) is 2.59. The van der Waals surface area contributed by atoms with Gasteiger partial charge in [-0.15, -0.1) is 0 Å². The van der Waals surface area contributed by atoms with E-state index in [9.17, 15) is 4.79 Å². The third-order valence-electron chi connectivity index (χ3n) is 1.56. The molecule has 0 unspecified atom stereocenters. The van der Waals surface area contributed by atoms with Gasteiger partial charge in [-0.05, 0) is 17.7 Å². The van der Waals surface area contributed by atoms with E-state index in [4.69, 9.17) is 17.3 Å². The molecule has 3 heteroatoms. The molecule has 13 heavy (non-hydrogen) atoms. The largest absolute Gasteiger partial charge is 0.398 e. The number of aldehydes is 1. The Morgan fingerprint density at radius 1 is 1.46 bits per heavy atom. The van der Waals surface area contributed by atoms with Crippen LogP contribution in [0.2, 0.25) is 5.02 Å². The van der Waals surface area contributed by atoms with Gasteiger partial charge in [-0.25, -0.2) is 0 Å². The second-order valence-corrected chi connectivity index (χ2v) is 2.99. The van der Waals surface area contributed by atoms with Gasteiger partial charge < -0.3 is 10.5 Å². The lowest BCUT2D eigenvalue weighted by molar-refractivity contribution is -0.107. The zero-order valence-electron chi connectivity index (χ0n) is 7.03. The molecule has 0 spiro atoms. The SMILES string of the molecule is Nc1cc(C=CCC=O)ccc1Cl. The molecular formula is C10H10ClNO. The highest BCUT2D eigenvalue weighted by atomic mass is 35.5. The van der Waals surface area contributed by atoms with Gasteiger partial charge in [0, 0.05) is 6.42 Å². The van der Waals surface area contributed by atoms with E-state index in [1.807, 2.05) is 12.1 Å². The molecule has 1 rings (SSSR count). The van der Waals surface area contributed by atoms with Crippen molar-refractivity contribution in [3.63, 3.8) is 0 Å². The first-order chi connectivity index (χ1) is 6.24. The van der Waals surface area contributed by atoms with Crippen LogP contribution in [0.4, 0.5) is 5.69 Å². The van der Waals surface area contributed by atoms with E-state index in [2.05, 4.69) is 0 Å². The number of hydrogen-bond acceptors (Lipinski definition) is 2. The highest BCUT2D eigenvalue weighted by Gasteiger charge is 1.94. The smallest absolute Gasteiger partial charge is 0.123 e. The fourth-order valence-electron chi connectivity index (χ4n) is 0.926. The Balaban J connectivity index is 2.79. The maximum absolute atomic E-state index is 10.0. The molecule has 0 aliphatic carbocycles. The quantitative estimate of drug-likeness (QED) is 0.595. The summed E-state index contributed by atoms with van der Waals surface area (Å²) in [6.45, 7) is 0. The topological polar surface area (TPSA) is 43.1 Å². The average molecular weight is 196 g/mol. The Hall–Kier alpha value is -1.28. The molecule has 68 valence electrons. The fourth-order valence-corrected chi connectivity index (χ4v) is 1.04. The summed E-state index contributed by atoms with van der Waals surface area (Å²) in [5.74, 6) is 0. The first-order valence-corrected chi connectivity index (χ1v) is 4.27. The van der Waals surface area contributed by atoms with Crippen LogP contribution >= 0.6 is 11.6 Å². The first kappa shape index (κ1) is 9.81. The van der Waals surface area contributed by atoms with Crippen LogP contribution in [0.15, 0.2) is 24.3 Å². The van der Waals surface area contributed by atoms with E-state index in [0.29, 0.717) is 17.1 Å². The van der Waals surface area contributed by atoms with E-state index in [-0.39, 0.29) is 0 Å². The summed E-state index contributed by atoms with van der Waals surface area (Å²) in [5.41, 5.74) is 7.09. The summed E-state index contributed by atoms with van der Waals surface area (Å²) in [4.78, 5) is 10.0. The van der Waals surface area contributed by atoms with Gasteiger partial charge in [-0.1, -0.05) is 29.8 Å². The fraction of sp³-hybridized carbons (Fsp3) is 0.100. The molecule has 0 saturated carbocycles. The molecule has 0 amide bonds. The molecule has 1 aromatic rings. The van der Waals surface area contributed by atoms with Gasteiger partial charge in [-0.2, -0.15) is 0 Å². The zero-order valence-corrected chi connectivity index (χ0v) is 7.79. The van der Waals surface area contributed by atoms with Crippen LogP contribution in [0.25, 0.3) is 6.08 Å². The Bertz CT molecular complexity index is 334. The number of benzene rings is 1. The van der Waals surface area contributed by atoms with E-state index in [0.717, 1.165) is 11.8 Å². The van der Waals surface area contributed by atoms with Crippen molar-refractivity contribution < 1.29 is 4.79 Å². The van der Waals surface area contributed by atoms with Crippen molar-refractivity contribution in [3.8, 4) is 0 Å². The molecule has 2 N–H and O–H groups in total. The lowest BCUT2D eigenvalue weighted by Gasteiger charge is -1.98. The molecule has 0 aliphatic rings. The van der Waals surface area contributed by atoms with Crippen molar-refractivity contribution >= 4 is 29.7 Å². The van der Waals surface area contributed by atoms with Crippen molar-refractivity contribution in [2.45, 2.75) is 6.42 Å². The molecule has 0 radical (unpaired) electrons. The van der Waals surface area contributed by atoms with Gasteiger partial charge in [0.2, 0.25) is 0 Å². The first-order valence-electron chi connectivity index (χ1n) is 3.89. The summed E-state index contributed by atoms with van der Waals surface area (Å²) in [5, 5.41) is 0.549. The monoisotopic (exact) mass is 195 g/mol. The maximum atomic E-state index is 10.0. The number of nitrogens with two attached hydrogens (primary N) is 1. The van der Waals surface area contributed by atoms with Gasteiger partial charge >= 0.3 is 0 Å².